The van der Waals surface area contributed by atoms with Gasteiger partial charge in [-0.15, -0.1) is 0 Å². The Bertz CT molecular complexity index is 541. The number of benzene rings is 1. The lowest BCUT2D eigenvalue weighted by Gasteiger charge is -2.12. The minimum atomic E-state index is 0.345. The summed E-state index contributed by atoms with van der Waals surface area (Å²) in [6, 6.07) is 9.10. The van der Waals surface area contributed by atoms with Crippen molar-refractivity contribution in [1.29, 1.82) is 0 Å². The minimum Gasteiger partial charge on any atom is -0.493 e. The second-order valence-corrected chi connectivity index (χ2v) is 3.87. The first kappa shape index (κ1) is 13.0. The third-order valence-corrected chi connectivity index (χ3v) is 2.62. The predicted molar refractivity (Wildman–Crippen MR) is 72.5 cm³/mol. The van der Waals surface area contributed by atoms with Crippen LogP contribution in [0.25, 0.3) is 0 Å². The van der Waals surface area contributed by atoms with Gasteiger partial charge in [-0.2, -0.15) is 0 Å². The Kier molecular flexibility index (Phi) is 4.07. The summed E-state index contributed by atoms with van der Waals surface area (Å²) in [6.07, 6.45) is 1.55. The van der Waals surface area contributed by atoms with E-state index in [0.29, 0.717) is 29.7 Å². The number of rotatable bonds is 5. The Morgan fingerprint density at radius 2 is 1.95 bits per heavy atom. The number of hydrogen-bond acceptors (Lipinski definition) is 5. The summed E-state index contributed by atoms with van der Waals surface area (Å²) in [5.41, 5.74) is 7.06. The van der Waals surface area contributed by atoms with Gasteiger partial charge >= 0.3 is 0 Å². The van der Waals surface area contributed by atoms with E-state index in [1.54, 1.807) is 32.5 Å². The number of anilines is 1. The minimum absolute atomic E-state index is 0.345. The van der Waals surface area contributed by atoms with Crippen LogP contribution in [0.2, 0.25) is 0 Å². The molecule has 2 rings (SSSR count). The van der Waals surface area contributed by atoms with Crippen molar-refractivity contribution in [3.8, 4) is 17.4 Å². The Labute approximate surface area is 111 Å². The van der Waals surface area contributed by atoms with Gasteiger partial charge in [-0.1, -0.05) is 12.1 Å². The largest absolute Gasteiger partial charge is 0.493 e. The molecule has 0 bridgehead atoms. The van der Waals surface area contributed by atoms with Crippen LogP contribution >= 0.6 is 0 Å². The monoisotopic (exact) mass is 260 g/mol. The van der Waals surface area contributed by atoms with Crippen LogP contribution < -0.4 is 19.9 Å². The highest BCUT2D eigenvalue weighted by molar-refractivity contribution is 5.46. The van der Waals surface area contributed by atoms with Gasteiger partial charge < -0.3 is 19.9 Å². The van der Waals surface area contributed by atoms with Gasteiger partial charge in [-0.3, -0.25) is 0 Å². The molecule has 0 spiro atoms. The highest BCUT2D eigenvalue weighted by Gasteiger charge is 2.10. The lowest BCUT2D eigenvalue weighted by atomic mass is 10.2. The van der Waals surface area contributed by atoms with Gasteiger partial charge in [-0.25, -0.2) is 4.98 Å². The third-order valence-electron chi connectivity index (χ3n) is 2.62. The molecule has 1 aromatic carbocycles. The summed E-state index contributed by atoms with van der Waals surface area (Å²) in [5.74, 6) is 1.85. The number of hydrogen-bond donors (Lipinski definition) is 1. The topological polar surface area (TPSA) is 66.6 Å². The molecule has 0 radical (unpaired) electrons. The second kappa shape index (κ2) is 5.95. The molecular formula is C14H16N2O3. The molecular weight excluding hydrogens is 244 g/mol. The molecule has 0 unspecified atom stereocenters. The van der Waals surface area contributed by atoms with Crippen LogP contribution in [-0.2, 0) is 6.61 Å². The van der Waals surface area contributed by atoms with E-state index < -0.39 is 0 Å². The van der Waals surface area contributed by atoms with E-state index in [0.717, 1.165) is 5.56 Å². The molecule has 5 nitrogen and oxygen atoms in total. The number of nitrogen functional groups attached to an aromatic ring is 1. The number of ether oxygens (including phenoxy) is 3. The van der Waals surface area contributed by atoms with Crippen molar-refractivity contribution in [2.45, 2.75) is 6.61 Å². The van der Waals surface area contributed by atoms with Crippen LogP contribution in [-0.4, -0.2) is 19.2 Å². The first-order valence-corrected chi connectivity index (χ1v) is 5.78. The Morgan fingerprint density at radius 1 is 1.11 bits per heavy atom. The average molecular weight is 260 g/mol. The molecule has 1 aromatic heterocycles. The summed E-state index contributed by atoms with van der Waals surface area (Å²) in [7, 11) is 3.20. The van der Waals surface area contributed by atoms with E-state index in [9.17, 15) is 0 Å². The van der Waals surface area contributed by atoms with Crippen LogP contribution in [0.4, 0.5) is 5.69 Å². The SMILES string of the molecule is COc1cccc(COc2ccc(N)cn2)c1OC. The first-order chi connectivity index (χ1) is 9.24. The molecule has 2 N–H and O–H groups in total. The normalized spacial score (nSPS) is 10.0. The van der Waals surface area contributed by atoms with E-state index in [1.807, 2.05) is 18.2 Å². The summed E-state index contributed by atoms with van der Waals surface area (Å²) in [4.78, 5) is 4.07. The quantitative estimate of drug-likeness (QED) is 0.893. The maximum absolute atomic E-state index is 5.59. The predicted octanol–water partition coefficient (Wildman–Crippen LogP) is 2.26. The molecule has 2 aromatic rings. The van der Waals surface area contributed by atoms with Crippen molar-refractivity contribution in [2.75, 3.05) is 20.0 Å². The molecule has 1 heterocycles. The molecule has 0 aliphatic rings. The van der Waals surface area contributed by atoms with E-state index in [4.69, 9.17) is 19.9 Å². The fourth-order valence-electron chi connectivity index (χ4n) is 1.70. The maximum Gasteiger partial charge on any atom is 0.213 e. The van der Waals surface area contributed by atoms with E-state index >= 15 is 0 Å². The van der Waals surface area contributed by atoms with Gasteiger partial charge in [0, 0.05) is 11.6 Å². The summed E-state index contributed by atoms with van der Waals surface area (Å²) >= 11 is 0. The Hall–Kier alpha value is -2.43. The number of methoxy groups -OCH3 is 2. The molecule has 0 fully saturated rings. The fraction of sp³-hybridized carbons (Fsp3) is 0.214. The number of nitrogens with two attached hydrogens (primary N) is 1. The highest BCUT2D eigenvalue weighted by Crippen LogP contribution is 2.31. The van der Waals surface area contributed by atoms with Gasteiger partial charge in [0.1, 0.15) is 6.61 Å². The van der Waals surface area contributed by atoms with Crippen LogP contribution in [0.1, 0.15) is 5.56 Å². The van der Waals surface area contributed by atoms with Crippen molar-refractivity contribution < 1.29 is 14.2 Å². The number of pyridine rings is 1. The molecule has 19 heavy (non-hydrogen) atoms. The fourth-order valence-corrected chi connectivity index (χ4v) is 1.70. The van der Waals surface area contributed by atoms with Gasteiger partial charge in [0.25, 0.3) is 0 Å². The zero-order valence-corrected chi connectivity index (χ0v) is 10.9. The lowest BCUT2D eigenvalue weighted by molar-refractivity contribution is 0.281. The van der Waals surface area contributed by atoms with E-state index in [1.165, 1.54) is 0 Å². The standard InChI is InChI=1S/C14H16N2O3/c1-17-12-5-3-4-10(14(12)18-2)9-19-13-7-6-11(15)8-16-13/h3-8H,9,15H2,1-2H3. The molecule has 0 atom stereocenters. The first-order valence-electron chi connectivity index (χ1n) is 5.78. The van der Waals surface area contributed by atoms with Crippen LogP contribution in [0.5, 0.6) is 17.4 Å². The number of nitrogens with zero attached hydrogens (tertiary/aromatic N) is 1. The summed E-state index contributed by atoms with van der Waals surface area (Å²) in [5, 5.41) is 0. The van der Waals surface area contributed by atoms with Crippen molar-refractivity contribution in [1.82, 2.24) is 4.98 Å². The Balaban J connectivity index is 2.13. The molecule has 0 aliphatic heterocycles. The zero-order chi connectivity index (χ0) is 13.7. The van der Waals surface area contributed by atoms with Crippen molar-refractivity contribution >= 4 is 5.69 Å². The number of para-hydroxylation sites is 1. The molecule has 5 heteroatoms. The van der Waals surface area contributed by atoms with Gasteiger partial charge in [-0.05, 0) is 12.1 Å². The van der Waals surface area contributed by atoms with Gasteiger partial charge in [0.15, 0.2) is 11.5 Å². The summed E-state index contributed by atoms with van der Waals surface area (Å²) < 4.78 is 16.1. The van der Waals surface area contributed by atoms with Crippen LogP contribution in [0.3, 0.4) is 0 Å². The molecule has 0 saturated carbocycles. The van der Waals surface area contributed by atoms with E-state index in [2.05, 4.69) is 4.98 Å². The van der Waals surface area contributed by atoms with Crippen molar-refractivity contribution in [2.24, 2.45) is 0 Å². The molecule has 0 saturated heterocycles. The van der Waals surface area contributed by atoms with Crippen LogP contribution in [0, 0.1) is 0 Å². The smallest absolute Gasteiger partial charge is 0.213 e. The lowest BCUT2D eigenvalue weighted by Crippen LogP contribution is -2.01. The zero-order valence-electron chi connectivity index (χ0n) is 10.9. The van der Waals surface area contributed by atoms with Crippen molar-refractivity contribution in [3.05, 3.63) is 42.1 Å². The highest BCUT2D eigenvalue weighted by atomic mass is 16.5. The Morgan fingerprint density at radius 3 is 2.58 bits per heavy atom. The molecule has 0 aliphatic carbocycles. The summed E-state index contributed by atoms with van der Waals surface area (Å²) in [6.45, 7) is 0.345. The third kappa shape index (κ3) is 3.07. The maximum atomic E-state index is 5.59. The van der Waals surface area contributed by atoms with Crippen LogP contribution in [0.15, 0.2) is 36.5 Å². The van der Waals surface area contributed by atoms with E-state index in [-0.39, 0.29) is 0 Å². The van der Waals surface area contributed by atoms with Crippen molar-refractivity contribution in [3.63, 3.8) is 0 Å². The van der Waals surface area contributed by atoms with Gasteiger partial charge in [0.05, 0.1) is 26.1 Å². The molecule has 100 valence electrons. The number of aromatic nitrogens is 1. The van der Waals surface area contributed by atoms with Gasteiger partial charge in [0.2, 0.25) is 5.88 Å². The molecule has 0 amide bonds. The second-order valence-electron chi connectivity index (χ2n) is 3.87. The average Bonchev–Trinajstić information content (AvgIpc) is 2.46.